The van der Waals surface area contributed by atoms with Crippen LogP contribution in [0.15, 0.2) is 0 Å². The summed E-state index contributed by atoms with van der Waals surface area (Å²) < 4.78 is 0. The van der Waals surface area contributed by atoms with E-state index in [9.17, 15) is 0 Å². The van der Waals surface area contributed by atoms with E-state index in [2.05, 4.69) is 0 Å². The average Bonchev–Trinajstić information content (AvgIpc) is 0.811. The van der Waals surface area contributed by atoms with Gasteiger partial charge in [-0.2, -0.15) is 0 Å². The van der Waals surface area contributed by atoms with E-state index in [1.54, 1.807) is 0 Å². The van der Waals surface area contributed by atoms with Crippen molar-refractivity contribution in [2.75, 3.05) is 0 Å². The van der Waals surface area contributed by atoms with Gasteiger partial charge >= 0.3 is 29.6 Å². The Balaban J connectivity index is -0.00000000450. The molecule has 9 heavy (non-hydrogen) atoms. The first kappa shape index (κ1) is 51.7. The summed E-state index contributed by atoms with van der Waals surface area (Å²) in [4.78, 5) is 9.00. The predicted molar refractivity (Wildman–Crippen MR) is 41.2 cm³/mol. The van der Waals surface area contributed by atoms with Crippen LogP contribution in [0.3, 0.4) is 0 Å². The van der Waals surface area contributed by atoms with Gasteiger partial charge in [0.2, 0.25) is 0 Å². The fourth-order valence-electron chi connectivity index (χ4n) is 0. The molecule has 0 rings (SSSR count). The average molecular weight is 168 g/mol. The van der Waals surface area contributed by atoms with Gasteiger partial charge in [0.1, 0.15) is 0 Å². The molecule has 0 bridgehead atoms. The molecule has 7 heteroatoms. The van der Waals surface area contributed by atoms with Crippen LogP contribution in [0.25, 0.3) is 0 Å². The molecule has 0 saturated carbocycles. The SMILES string of the molecule is CC(=O)O.O.O.O.[AlH3].[NaH]. The van der Waals surface area contributed by atoms with Gasteiger partial charge in [0.05, 0.1) is 0 Å². The molecule has 0 aliphatic carbocycles. The van der Waals surface area contributed by atoms with Crippen LogP contribution in [0.5, 0.6) is 0 Å². The molecule has 0 fully saturated rings. The summed E-state index contributed by atoms with van der Waals surface area (Å²) in [6.45, 7) is 1.08. The molecule has 0 aliphatic heterocycles. The fourth-order valence-corrected chi connectivity index (χ4v) is 0. The molecule has 0 atom stereocenters. The van der Waals surface area contributed by atoms with E-state index in [0.717, 1.165) is 6.92 Å². The van der Waals surface area contributed by atoms with Crippen LogP contribution in [0.2, 0.25) is 0 Å². The Kier molecular flexibility index (Phi) is 210. The van der Waals surface area contributed by atoms with Gasteiger partial charge in [-0.15, -0.1) is 0 Å². The van der Waals surface area contributed by atoms with E-state index in [0.29, 0.717) is 0 Å². The molecule has 0 radical (unpaired) electrons. The van der Waals surface area contributed by atoms with E-state index in [1.807, 2.05) is 0 Å². The molecule has 5 nitrogen and oxygen atoms in total. The number of hydrogen-bond donors (Lipinski definition) is 1. The van der Waals surface area contributed by atoms with Crippen molar-refractivity contribution in [3.63, 3.8) is 0 Å². The van der Waals surface area contributed by atoms with E-state index in [-0.39, 0.29) is 63.3 Å². The molecule has 56 valence electrons. The van der Waals surface area contributed by atoms with Gasteiger partial charge in [0.25, 0.3) is 5.97 Å². The molecule has 0 saturated heterocycles. The Morgan fingerprint density at radius 3 is 1.22 bits per heavy atom. The third-order valence-corrected chi connectivity index (χ3v) is 0. The van der Waals surface area contributed by atoms with Crippen molar-refractivity contribution >= 4 is 52.9 Å². The zero-order valence-corrected chi connectivity index (χ0v) is 3.86. The second kappa shape index (κ2) is 36.6. The zero-order valence-electron chi connectivity index (χ0n) is 3.86. The molecule has 0 spiro atoms. The number of hydrogen-bond acceptors (Lipinski definition) is 1. The molecule has 0 amide bonds. The Morgan fingerprint density at radius 2 is 1.22 bits per heavy atom. The monoisotopic (exact) mass is 168 g/mol. The second-order valence-corrected chi connectivity index (χ2v) is 0.519. The molecule has 0 aromatic carbocycles. The number of carboxylic acids is 1. The van der Waals surface area contributed by atoms with Crippen molar-refractivity contribution < 1.29 is 26.3 Å². The number of rotatable bonds is 0. The summed E-state index contributed by atoms with van der Waals surface area (Å²) in [6.07, 6.45) is 0. The van der Waals surface area contributed by atoms with Crippen molar-refractivity contribution in [1.29, 1.82) is 0 Å². The summed E-state index contributed by atoms with van der Waals surface area (Å²) in [5.74, 6) is -0.833. The summed E-state index contributed by atoms with van der Waals surface area (Å²) in [5.41, 5.74) is 0. The van der Waals surface area contributed by atoms with Gasteiger partial charge in [-0.05, 0) is 0 Å². The number of carboxylic acid groups (broad SMARTS) is 1. The summed E-state index contributed by atoms with van der Waals surface area (Å²) >= 11 is 0. The van der Waals surface area contributed by atoms with Crippen LogP contribution in [0, 0.1) is 0 Å². The minimum atomic E-state index is -0.833. The van der Waals surface area contributed by atoms with Crippen molar-refractivity contribution in [2.24, 2.45) is 0 Å². The van der Waals surface area contributed by atoms with Gasteiger partial charge in [-0.25, -0.2) is 0 Å². The van der Waals surface area contributed by atoms with E-state index < -0.39 is 5.97 Å². The van der Waals surface area contributed by atoms with E-state index >= 15 is 0 Å². The first-order valence-corrected chi connectivity index (χ1v) is 0.928. The maximum atomic E-state index is 9.00. The maximum absolute atomic E-state index is 9.00. The van der Waals surface area contributed by atoms with Crippen LogP contribution >= 0.6 is 0 Å². The van der Waals surface area contributed by atoms with Crippen LogP contribution in [-0.4, -0.2) is 74.4 Å². The van der Waals surface area contributed by atoms with Gasteiger partial charge in [-0.1, -0.05) is 0 Å². The third-order valence-electron chi connectivity index (χ3n) is 0. The normalized spacial score (nSPS) is 2.78. The first-order valence-electron chi connectivity index (χ1n) is 0.928. The molecule has 0 heterocycles. The third kappa shape index (κ3) is 540. The van der Waals surface area contributed by atoms with Gasteiger partial charge in [0.15, 0.2) is 17.4 Å². The van der Waals surface area contributed by atoms with Crippen molar-refractivity contribution in [3.05, 3.63) is 0 Å². The van der Waals surface area contributed by atoms with Crippen LogP contribution in [0.1, 0.15) is 6.92 Å². The fraction of sp³-hybridized carbons (Fsp3) is 0.500. The summed E-state index contributed by atoms with van der Waals surface area (Å²) in [6, 6.07) is 0. The number of carbonyl (C=O) groups is 1. The van der Waals surface area contributed by atoms with Gasteiger partial charge in [-0.3, -0.25) is 4.79 Å². The zero-order chi connectivity index (χ0) is 3.58. The standard InChI is InChI=1S/C2H4O2.Al.Na.3H2O.4H/c1-2(3)4;;;;;;;;;/h1H3,(H,3,4);;;3*1H2;;;;. The Hall–Kier alpha value is 0.882. The summed E-state index contributed by atoms with van der Waals surface area (Å²) in [5, 5.41) is 7.42. The predicted octanol–water partition coefficient (Wildman–Crippen LogP) is -4.22. The topological polar surface area (TPSA) is 132 Å². The second-order valence-electron chi connectivity index (χ2n) is 0.519. The van der Waals surface area contributed by atoms with Crippen LogP contribution in [-0.2, 0) is 4.79 Å². The molecule has 0 aromatic heterocycles. The number of aliphatic carboxylic acids is 1. The molecule has 7 N–H and O–H groups in total. The Bertz CT molecular complexity index is 37.9. The first-order chi connectivity index (χ1) is 1.73. The quantitative estimate of drug-likeness (QED) is 0.367. The van der Waals surface area contributed by atoms with E-state index in [4.69, 9.17) is 9.90 Å². The van der Waals surface area contributed by atoms with Crippen molar-refractivity contribution in [3.8, 4) is 0 Å². The minimum absolute atomic E-state index is 0. The summed E-state index contributed by atoms with van der Waals surface area (Å²) in [7, 11) is 0. The van der Waals surface area contributed by atoms with Crippen LogP contribution in [0.4, 0.5) is 0 Å². The van der Waals surface area contributed by atoms with Gasteiger partial charge in [0, 0.05) is 6.92 Å². The van der Waals surface area contributed by atoms with E-state index in [1.165, 1.54) is 0 Å². The van der Waals surface area contributed by atoms with Crippen LogP contribution < -0.4 is 0 Å². The molecule has 0 aliphatic rings. The van der Waals surface area contributed by atoms with Gasteiger partial charge < -0.3 is 21.5 Å². The molecule has 0 aromatic rings. The Morgan fingerprint density at radius 1 is 1.22 bits per heavy atom. The van der Waals surface area contributed by atoms with Crippen molar-refractivity contribution in [2.45, 2.75) is 6.92 Å². The molecular weight excluding hydrogens is 154 g/mol. The Labute approximate surface area is 85.8 Å². The molecular formula is C2H14AlNaO5. The van der Waals surface area contributed by atoms with Crippen molar-refractivity contribution in [1.82, 2.24) is 0 Å². The molecule has 0 unspecified atom stereocenters.